The summed E-state index contributed by atoms with van der Waals surface area (Å²) in [5.41, 5.74) is 4.27. The maximum absolute atomic E-state index is 12.5. The van der Waals surface area contributed by atoms with Crippen LogP contribution in [0.2, 0.25) is 0 Å². The summed E-state index contributed by atoms with van der Waals surface area (Å²) in [4.78, 5) is 12.5. The predicted octanol–water partition coefficient (Wildman–Crippen LogP) is 2.82. The minimum atomic E-state index is -3.55. The van der Waals surface area contributed by atoms with Gasteiger partial charge in [-0.1, -0.05) is 36.4 Å². The Morgan fingerprint density at radius 1 is 1.12 bits per heavy atom. The number of anilines is 1. The summed E-state index contributed by atoms with van der Waals surface area (Å²) in [6, 6.07) is 14.8. The fraction of sp³-hybridized carbons (Fsp3) is 0.350. The summed E-state index contributed by atoms with van der Waals surface area (Å²) in [5, 5.41) is 2.91. The lowest BCUT2D eigenvalue weighted by Gasteiger charge is -2.23. The molecule has 138 valence electrons. The Morgan fingerprint density at radius 2 is 1.81 bits per heavy atom. The lowest BCUT2D eigenvalue weighted by molar-refractivity contribution is -0.120. The van der Waals surface area contributed by atoms with Gasteiger partial charge in [0.2, 0.25) is 15.9 Å². The molecule has 2 aromatic carbocycles. The molecule has 0 saturated heterocycles. The molecule has 1 aliphatic rings. The average Bonchev–Trinajstić information content (AvgIpc) is 3.07. The smallest absolute Gasteiger partial charge is 0.241 e. The largest absolute Gasteiger partial charge is 0.348 e. The van der Waals surface area contributed by atoms with Crippen molar-refractivity contribution in [2.45, 2.75) is 32.2 Å². The van der Waals surface area contributed by atoms with Gasteiger partial charge in [-0.15, -0.1) is 0 Å². The van der Waals surface area contributed by atoms with E-state index in [2.05, 4.69) is 17.4 Å². The molecule has 0 fully saturated rings. The summed E-state index contributed by atoms with van der Waals surface area (Å²) >= 11 is 0. The Bertz CT molecular complexity index is 895. The third-order valence-corrected chi connectivity index (χ3v) is 5.87. The molecular weight excluding hydrogens is 348 g/mol. The summed E-state index contributed by atoms with van der Waals surface area (Å²) in [6.45, 7) is 1.68. The van der Waals surface area contributed by atoms with Gasteiger partial charge in [-0.25, -0.2) is 8.42 Å². The zero-order valence-corrected chi connectivity index (χ0v) is 15.9. The Hall–Kier alpha value is -2.34. The van der Waals surface area contributed by atoms with E-state index >= 15 is 0 Å². The van der Waals surface area contributed by atoms with Gasteiger partial charge in [0.1, 0.15) is 6.54 Å². The molecule has 0 aromatic heterocycles. The molecule has 1 aliphatic carbocycles. The molecule has 0 radical (unpaired) electrons. The molecule has 26 heavy (non-hydrogen) atoms. The first-order valence-corrected chi connectivity index (χ1v) is 10.6. The molecule has 5 nitrogen and oxygen atoms in total. The van der Waals surface area contributed by atoms with E-state index in [1.165, 1.54) is 17.5 Å². The van der Waals surface area contributed by atoms with Gasteiger partial charge in [0.15, 0.2) is 0 Å². The number of benzene rings is 2. The van der Waals surface area contributed by atoms with Gasteiger partial charge in [-0.3, -0.25) is 9.10 Å². The Balaban J connectivity index is 1.70. The second-order valence-corrected chi connectivity index (χ2v) is 8.68. The quantitative estimate of drug-likeness (QED) is 0.848. The molecule has 0 saturated carbocycles. The van der Waals surface area contributed by atoms with Crippen LogP contribution in [0.15, 0.2) is 48.5 Å². The zero-order chi connectivity index (χ0) is 18.7. The summed E-state index contributed by atoms with van der Waals surface area (Å²) in [7, 11) is -3.55. The topological polar surface area (TPSA) is 66.5 Å². The van der Waals surface area contributed by atoms with Crippen molar-refractivity contribution in [2.75, 3.05) is 17.1 Å². The van der Waals surface area contributed by atoms with Crippen LogP contribution in [-0.2, 0) is 27.7 Å². The van der Waals surface area contributed by atoms with E-state index in [1.54, 1.807) is 30.3 Å². The van der Waals surface area contributed by atoms with Crippen molar-refractivity contribution in [1.29, 1.82) is 0 Å². The molecule has 0 bridgehead atoms. The fourth-order valence-electron chi connectivity index (χ4n) is 3.36. The fourth-order valence-corrected chi connectivity index (χ4v) is 4.21. The number of amides is 1. The van der Waals surface area contributed by atoms with Crippen LogP contribution < -0.4 is 9.62 Å². The van der Waals surface area contributed by atoms with E-state index in [4.69, 9.17) is 0 Å². The number of hydrogen-bond donors (Lipinski definition) is 1. The van der Waals surface area contributed by atoms with Crippen molar-refractivity contribution in [3.05, 3.63) is 65.2 Å². The number of para-hydroxylation sites is 1. The normalized spacial score (nSPS) is 14.5. The van der Waals surface area contributed by atoms with Crippen molar-refractivity contribution in [3.8, 4) is 0 Å². The molecule has 1 N–H and O–H groups in total. The van der Waals surface area contributed by atoms with Crippen LogP contribution in [0, 0.1) is 0 Å². The van der Waals surface area contributed by atoms with Gasteiger partial charge in [0.05, 0.1) is 18.0 Å². The van der Waals surface area contributed by atoms with Crippen LogP contribution in [-0.4, -0.2) is 27.1 Å². The van der Waals surface area contributed by atoms with Crippen LogP contribution in [0.1, 0.15) is 36.1 Å². The van der Waals surface area contributed by atoms with Crippen molar-refractivity contribution < 1.29 is 13.2 Å². The molecule has 0 spiro atoms. The van der Waals surface area contributed by atoms with Gasteiger partial charge >= 0.3 is 0 Å². The molecule has 1 unspecified atom stereocenters. The third kappa shape index (κ3) is 4.25. The number of fused-ring (bicyclic) bond motifs is 1. The standard InChI is InChI=1S/C20H24N2O3S/c1-15(17-12-11-16-7-6-8-18(16)13-17)21-20(23)14-22(26(2,24)25)19-9-4-3-5-10-19/h3-5,9-13,15H,6-8,14H2,1-2H3,(H,21,23). The SMILES string of the molecule is CC(NC(=O)CN(c1ccccc1)S(C)(=O)=O)c1ccc2c(c1)CCC2. The molecule has 6 heteroatoms. The number of nitrogens with zero attached hydrogens (tertiary/aromatic N) is 1. The van der Waals surface area contributed by atoms with Crippen molar-refractivity contribution >= 4 is 21.6 Å². The van der Waals surface area contributed by atoms with Gasteiger partial charge in [0, 0.05) is 0 Å². The monoisotopic (exact) mass is 372 g/mol. The number of carbonyl (C=O) groups is 1. The Labute approximate surface area is 155 Å². The van der Waals surface area contributed by atoms with E-state index in [-0.39, 0.29) is 18.5 Å². The highest BCUT2D eigenvalue weighted by molar-refractivity contribution is 7.92. The minimum absolute atomic E-state index is 0.175. The second-order valence-electron chi connectivity index (χ2n) is 6.78. The molecule has 1 amide bonds. The third-order valence-electron chi connectivity index (χ3n) is 4.73. The van der Waals surface area contributed by atoms with Crippen LogP contribution >= 0.6 is 0 Å². The summed E-state index contributed by atoms with van der Waals surface area (Å²) in [5.74, 6) is -0.327. The highest BCUT2D eigenvalue weighted by Gasteiger charge is 2.22. The molecule has 1 atom stereocenters. The first kappa shape index (κ1) is 18.5. The molecule has 3 rings (SSSR count). The molecule has 0 heterocycles. The number of nitrogens with one attached hydrogen (secondary N) is 1. The van der Waals surface area contributed by atoms with Gasteiger partial charge in [-0.05, 0) is 55.0 Å². The maximum Gasteiger partial charge on any atom is 0.241 e. The van der Waals surface area contributed by atoms with Crippen molar-refractivity contribution in [3.63, 3.8) is 0 Å². The van der Waals surface area contributed by atoms with Crippen LogP contribution in [0.25, 0.3) is 0 Å². The predicted molar refractivity (Wildman–Crippen MR) is 104 cm³/mol. The van der Waals surface area contributed by atoms with E-state index in [1.807, 2.05) is 13.0 Å². The zero-order valence-electron chi connectivity index (χ0n) is 15.1. The van der Waals surface area contributed by atoms with Crippen LogP contribution in [0.4, 0.5) is 5.69 Å². The molecular formula is C20H24N2O3S. The maximum atomic E-state index is 12.5. The average molecular weight is 372 g/mol. The van der Waals surface area contributed by atoms with Gasteiger partial charge in [-0.2, -0.15) is 0 Å². The lowest BCUT2D eigenvalue weighted by Crippen LogP contribution is -2.41. The second kappa shape index (κ2) is 7.50. The van der Waals surface area contributed by atoms with Crippen LogP contribution in [0.3, 0.4) is 0 Å². The van der Waals surface area contributed by atoms with E-state index in [0.717, 1.165) is 29.0 Å². The summed E-state index contributed by atoms with van der Waals surface area (Å²) in [6.07, 6.45) is 4.49. The highest BCUT2D eigenvalue weighted by Crippen LogP contribution is 2.25. The number of rotatable bonds is 6. The number of sulfonamides is 1. The van der Waals surface area contributed by atoms with Crippen molar-refractivity contribution in [1.82, 2.24) is 5.32 Å². The lowest BCUT2D eigenvalue weighted by atomic mass is 10.0. The molecule has 0 aliphatic heterocycles. The number of hydrogen-bond acceptors (Lipinski definition) is 3. The van der Waals surface area contributed by atoms with Gasteiger partial charge < -0.3 is 5.32 Å². The van der Waals surface area contributed by atoms with E-state index in [0.29, 0.717) is 5.69 Å². The number of carbonyl (C=O) groups excluding carboxylic acids is 1. The van der Waals surface area contributed by atoms with Gasteiger partial charge in [0.25, 0.3) is 0 Å². The molecule has 2 aromatic rings. The summed E-state index contributed by atoms with van der Waals surface area (Å²) < 4.78 is 25.3. The highest BCUT2D eigenvalue weighted by atomic mass is 32.2. The Kier molecular flexibility index (Phi) is 5.32. The van der Waals surface area contributed by atoms with E-state index < -0.39 is 10.0 Å². The van der Waals surface area contributed by atoms with Crippen LogP contribution in [0.5, 0.6) is 0 Å². The van der Waals surface area contributed by atoms with Crippen molar-refractivity contribution in [2.24, 2.45) is 0 Å². The Morgan fingerprint density at radius 3 is 2.50 bits per heavy atom. The first-order chi connectivity index (χ1) is 12.3. The minimum Gasteiger partial charge on any atom is -0.348 e. The van der Waals surface area contributed by atoms with E-state index in [9.17, 15) is 13.2 Å². The first-order valence-electron chi connectivity index (χ1n) is 8.78. The number of aryl methyl sites for hydroxylation is 2.